The van der Waals surface area contributed by atoms with E-state index in [1.807, 2.05) is 89.2 Å². The number of hydrogen-bond donors (Lipinski definition) is 5. The van der Waals surface area contributed by atoms with Crippen LogP contribution in [0.3, 0.4) is 0 Å². The van der Waals surface area contributed by atoms with E-state index in [2.05, 4.69) is 57.9 Å². The minimum atomic E-state index is -2.01. The molecule has 82 heavy (non-hydrogen) atoms. The number of amides is 6. The Morgan fingerprint density at radius 2 is 1.22 bits per heavy atom. The van der Waals surface area contributed by atoms with Crippen molar-refractivity contribution >= 4 is 55.1 Å². The highest BCUT2D eigenvalue weighted by Crippen LogP contribution is 2.36. The molecule has 5 N–H and O–H groups in total. The van der Waals surface area contributed by atoms with Gasteiger partial charge in [-0.2, -0.15) is 0 Å². The maximum absolute atomic E-state index is 14.8. The average molecular weight is 1130 g/mol. The molecule has 4 aromatic rings. The summed E-state index contributed by atoms with van der Waals surface area (Å²) >= 11 is 0. The summed E-state index contributed by atoms with van der Waals surface area (Å²) in [6.07, 6.45) is 7.61. The molecule has 2 fully saturated rings. The number of ketones is 2. The topological polar surface area (TPSA) is 203 Å². The van der Waals surface area contributed by atoms with Gasteiger partial charge in [-0.15, -0.1) is 0 Å². The van der Waals surface area contributed by atoms with Gasteiger partial charge in [-0.1, -0.05) is 133 Å². The monoisotopic (exact) mass is 1130 g/mol. The zero-order valence-electron chi connectivity index (χ0n) is 49.7. The molecule has 4 aliphatic rings. The molecule has 0 aromatic heterocycles. The van der Waals surface area contributed by atoms with E-state index in [0.717, 1.165) is 60.8 Å². The largest absolute Gasteiger partial charge is 0.348 e. The molecule has 0 radical (unpaired) electrons. The van der Waals surface area contributed by atoms with E-state index in [4.69, 9.17) is 0 Å². The second kappa shape index (κ2) is 26.6. The Morgan fingerprint density at radius 3 is 1.78 bits per heavy atom. The highest BCUT2D eigenvalue weighted by atomic mass is 28.3. The third-order valence-corrected chi connectivity index (χ3v) is 20.5. The summed E-state index contributed by atoms with van der Waals surface area (Å²) in [6, 6.07) is 27.1. The molecular weight excluding hydrogens is 1050 g/mol. The fraction of sp³-hybridized carbons (Fsp3) is 0.515. The Bertz CT molecular complexity index is 2990. The Labute approximate surface area is 486 Å². The molecule has 6 amide bonds. The number of likely N-dealkylation sites (N-methyl/N-ethyl adjacent to an activating group) is 1. The van der Waals surface area contributed by atoms with Crippen molar-refractivity contribution in [3.63, 3.8) is 0 Å². The van der Waals surface area contributed by atoms with E-state index in [1.54, 1.807) is 48.0 Å². The van der Waals surface area contributed by atoms with Gasteiger partial charge in [-0.05, 0) is 129 Å². The van der Waals surface area contributed by atoms with Crippen LogP contribution in [0.1, 0.15) is 159 Å². The number of nitrogens with one attached hydrogen (secondary N) is 5. The third-order valence-electron chi connectivity index (χ3n) is 17.8. The standard InChI is InChI=1S/C66H87N7O8Si/c1-10-44(11-2)60(76)71-55(65(81)73-40-82(8,9)39-57(73)63(79)70-54-25-17-21-46-19-13-15-23-51(46)54)34-42-26-28-43(29-27-42)35-59(75)47-30-32-48(33-31-47)61(77)68-49-36-56(62(78)69-53-24-16-20-45-18-12-14-22-50(45)53)72(38-49)64(80)52(66(4,5)6)37-58(74)41(3)67-7/h12-15,18-19,22-23,26-33,41,44,49,52-57,67H,10-11,16-17,20-21,24-25,34-40H2,1-9H3,(H,68,77)(H,69,78)(H,70,79)(H,71,76)/t41-,49-,52+,53+,54+,55-,56-,57-/m0/s1. The van der Waals surface area contributed by atoms with Crippen LogP contribution >= 0.6 is 0 Å². The molecule has 16 heteroatoms. The van der Waals surface area contributed by atoms with Gasteiger partial charge in [0.15, 0.2) is 5.78 Å². The summed E-state index contributed by atoms with van der Waals surface area (Å²) in [7, 11) is -0.301. The Kier molecular flexibility index (Phi) is 19.9. The zero-order chi connectivity index (χ0) is 59.0. The van der Waals surface area contributed by atoms with Crippen molar-refractivity contribution in [3.05, 3.63) is 142 Å². The molecule has 2 saturated heterocycles. The van der Waals surface area contributed by atoms with E-state index in [1.165, 1.54) is 11.1 Å². The molecule has 2 aliphatic carbocycles. The van der Waals surface area contributed by atoms with Crippen LogP contribution in [0.2, 0.25) is 19.1 Å². The first-order chi connectivity index (χ1) is 39.1. The second-order valence-corrected chi connectivity index (χ2v) is 30.5. The van der Waals surface area contributed by atoms with Crippen molar-refractivity contribution in [3.8, 4) is 0 Å². The molecule has 8 atom stereocenters. The van der Waals surface area contributed by atoms with E-state index in [0.29, 0.717) is 36.2 Å². The van der Waals surface area contributed by atoms with E-state index in [9.17, 15) is 38.4 Å². The number of aryl methyl sites for hydroxylation is 2. The van der Waals surface area contributed by atoms with E-state index < -0.39 is 55.5 Å². The van der Waals surface area contributed by atoms with Crippen molar-refractivity contribution in [2.24, 2.45) is 17.3 Å². The lowest BCUT2D eigenvalue weighted by molar-refractivity contribution is -0.146. The maximum Gasteiger partial charge on any atom is 0.251 e. The zero-order valence-corrected chi connectivity index (χ0v) is 50.7. The number of carbonyl (C=O) groups is 8. The van der Waals surface area contributed by atoms with Crippen LogP contribution in [0.25, 0.3) is 0 Å². The summed E-state index contributed by atoms with van der Waals surface area (Å²) in [4.78, 5) is 116. The number of fused-ring (bicyclic) bond motifs is 2. The molecule has 2 heterocycles. The summed E-state index contributed by atoms with van der Waals surface area (Å²) in [6.45, 7) is 15.9. The number of Topliss-reactive ketones (excluding diaryl/α,β-unsaturated/α-hetero) is 2. The number of benzene rings is 4. The van der Waals surface area contributed by atoms with Gasteiger partial charge >= 0.3 is 0 Å². The molecular formula is C66H87N7O8Si. The van der Waals surface area contributed by atoms with Crippen LogP contribution in [0, 0.1) is 17.3 Å². The smallest absolute Gasteiger partial charge is 0.251 e. The van der Waals surface area contributed by atoms with Gasteiger partial charge < -0.3 is 36.4 Å². The molecule has 8 rings (SSSR count). The quantitative estimate of drug-likeness (QED) is 0.0402. The normalized spacial score (nSPS) is 21.3. The summed E-state index contributed by atoms with van der Waals surface area (Å²) in [5.74, 6) is -2.85. The van der Waals surface area contributed by atoms with Gasteiger partial charge in [0.2, 0.25) is 29.5 Å². The molecule has 15 nitrogen and oxygen atoms in total. The fourth-order valence-corrected chi connectivity index (χ4v) is 15.6. The first-order valence-electron chi connectivity index (χ1n) is 30.0. The van der Waals surface area contributed by atoms with Crippen LogP contribution in [-0.2, 0) is 54.5 Å². The van der Waals surface area contributed by atoms with Crippen LogP contribution in [0.4, 0.5) is 0 Å². The van der Waals surface area contributed by atoms with Gasteiger partial charge in [0.1, 0.15) is 23.9 Å². The number of carbonyl (C=O) groups excluding carboxylic acids is 8. The molecule has 0 unspecified atom stereocenters. The van der Waals surface area contributed by atoms with E-state index in [-0.39, 0.29) is 91.3 Å². The first-order valence-corrected chi connectivity index (χ1v) is 33.4. The molecule has 0 saturated carbocycles. The van der Waals surface area contributed by atoms with Crippen molar-refractivity contribution < 1.29 is 38.4 Å². The minimum absolute atomic E-state index is 0.000457. The fourth-order valence-electron chi connectivity index (χ4n) is 12.8. The number of nitrogens with zero attached hydrogens (tertiary/aromatic N) is 2. The molecule has 0 bridgehead atoms. The lowest BCUT2D eigenvalue weighted by Gasteiger charge is -2.36. The van der Waals surface area contributed by atoms with Crippen molar-refractivity contribution in [2.75, 3.05) is 19.8 Å². The lowest BCUT2D eigenvalue weighted by atomic mass is 9.76. The summed E-state index contributed by atoms with van der Waals surface area (Å²) in [5, 5.41) is 15.7. The lowest BCUT2D eigenvalue weighted by Crippen LogP contribution is -2.55. The summed E-state index contributed by atoms with van der Waals surface area (Å²) < 4.78 is 0. The van der Waals surface area contributed by atoms with Crippen molar-refractivity contribution in [1.82, 2.24) is 36.4 Å². The second-order valence-electron chi connectivity index (χ2n) is 25.4. The first kappa shape index (κ1) is 61.3. The highest BCUT2D eigenvalue weighted by molar-refractivity contribution is 6.79. The van der Waals surface area contributed by atoms with Crippen LogP contribution in [0.15, 0.2) is 97.1 Å². The Balaban J connectivity index is 0.920. The Morgan fingerprint density at radius 1 is 0.671 bits per heavy atom. The van der Waals surface area contributed by atoms with Gasteiger partial charge in [-0.25, -0.2) is 0 Å². The molecule has 4 aromatic carbocycles. The SMILES string of the molecule is CCC(CC)C(=O)N[C@@H](Cc1ccc(CC(=O)c2ccc(C(=O)N[C@H]3C[C@@H](C(=O)N[C@@H]4CCCc5ccccc54)N(C(=O)[C@@H](CC(=O)[C@H](C)NC)C(C)(C)C)C3)cc2)cc1)C(=O)N1C[Si](C)(C)C[C@H]1C(=O)N[C@@H]1CCCc2ccccc21. The van der Waals surface area contributed by atoms with Crippen molar-refractivity contribution in [2.45, 2.75) is 180 Å². The Hall–Kier alpha value is -6.78. The maximum atomic E-state index is 14.8. The van der Waals surface area contributed by atoms with Gasteiger partial charge in [-0.3, -0.25) is 38.4 Å². The van der Waals surface area contributed by atoms with Crippen LogP contribution in [0.5, 0.6) is 0 Å². The van der Waals surface area contributed by atoms with E-state index >= 15 is 0 Å². The molecule has 0 spiro atoms. The van der Waals surface area contributed by atoms with Crippen molar-refractivity contribution in [1.29, 1.82) is 0 Å². The van der Waals surface area contributed by atoms with Crippen LogP contribution < -0.4 is 26.6 Å². The number of likely N-dealkylation sites (tertiary alicyclic amines) is 1. The number of hydrogen-bond acceptors (Lipinski definition) is 9. The molecule has 438 valence electrons. The predicted molar refractivity (Wildman–Crippen MR) is 321 cm³/mol. The minimum Gasteiger partial charge on any atom is -0.348 e. The predicted octanol–water partition coefficient (Wildman–Crippen LogP) is 8.35. The highest BCUT2D eigenvalue weighted by Gasteiger charge is 2.48. The number of rotatable bonds is 21. The van der Waals surface area contributed by atoms with Gasteiger partial charge in [0.25, 0.3) is 5.91 Å². The van der Waals surface area contributed by atoms with Gasteiger partial charge in [0, 0.05) is 61.0 Å². The van der Waals surface area contributed by atoms with Gasteiger partial charge in [0.05, 0.1) is 26.2 Å². The molecule has 2 aliphatic heterocycles. The van der Waals surface area contributed by atoms with Crippen LogP contribution in [-0.4, -0.2) is 115 Å². The summed E-state index contributed by atoms with van der Waals surface area (Å²) in [5.41, 5.74) is 6.29. The third kappa shape index (κ3) is 14.7. The average Bonchev–Trinajstić information content (AvgIpc) is 3.84.